The highest BCUT2D eigenvalue weighted by Gasteiger charge is 2.14. The first-order chi connectivity index (χ1) is 8.54. The molecule has 0 bridgehead atoms. The van der Waals surface area contributed by atoms with E-state index in [4.69, 9.17) is 5.73 Å². The fraction of sp³-hybridized carbons (Fsp3) is 0.600. The Bertz CT molecular complexity index is 415. The summed E-state index contributed by atoms with van der Waals surface area (Å²) in [5, 5.41) is 13.6. The monoisotopic (exact) mass is 271 g/mol. The van der Waals surface area contributed by atoms with Gasteiger partial charge < -0.3 is 11.1 Å². The van der Waals surface area contributed by atoms with Gasteiger partial charge in [-0.25, -0.2) is 4.98 Å². The highest BCUT2D eigenvalue weighted by Crippen LogP contribution is 2.18. The van der Waals surface area contributed by atoms with Gasteiger partial charge in [-0.3, -0.25) is 10.1 Å². The van der Waals surface area contributed by atoms with Gasteiger partial charge in [0.1, 0.15) is 6.20 Å². The molecular formula is C10H17N5O2S. The first-order valence-corrected chi connectivity index (χ1v) is 6.81. The molecule has 7 nitrogen and oxygen atoms in total. The van der Waals surface area contributed by atoms with E-state index in [1.54, 1.807) is 0 Å². The maximum Gasteiger partial charge on any atom is 0.329 e. The average molecular weight is 271 g/mol. The van der Waals surface area contributed by atoms with Gasteiger partial charge in [0.05, 0.1) is 4.92 Å². The van der Waals surface area contributed by atoms with Gasteiger partial charge in [-0.15, -0.1) is 0 Å². The van der Waals surface area contributed by atoms with E-state index in [1.165, 1.54) is 0 Å². The minimum Gasteiger partial charge on any atom is -0.378 e. The molecule has 8 heteroatoms. The lowest BCUT2D eigenvalue weighted by Crippen LogP contribution is -2.18. The molecule has 0 fully saturated rings. The number of nitrogen functional groups attached to an aromatic ring is 1. The molecule has 1 unspecified atom stereocenters. The van der Waals surface area contributed by atoms with Crippen LogP contribution in [0.15, 0.2) is 6.20 Å². The average Bonchev–Trinajstić information content (AvgIpc) is 2.28. The Hall–Kier alpha value is -1.57. The van der Waals surface area contributed by atoms with Gasteiger partial charge >= 0.3 is 5.69 Å². The number of aromatic nitrogens is 2. The highest BCUT2D eigenvalue weighted by molar-refractivity contribution is 7.99. The molecule has 0 saturated heterocycles. The van der Waals surface area contributed by atoms with Crippen molar-refractivity contribution in [3.05, 3.63) is 16.3 Å². The molecule has 0 saturated carbocycles. The number of nitrogens with zero attached hydrogens (tertiary/aromatic N) is 3. The first-order valence-electron chi connectivity index (χ1n) is 5.65. The van der Waals surface area contributed by atoms with Crippen LogP contribution in [0.25, 0.3) is 0 Å². The van der Waals surface area contributed by atoms with Crippen LogP contribution in [0.3, 0.4) is 0 Å². The SMILES string of the molecule is CCSCCC(C)Nc1ncc([N+](=O)[O-])c(N)n1. The Labute approximate surface area is 110 Å². The number of hydrogen-bond acceptors (Lipinski definition) is 7. The van der Waals surface area contributed by atoms with Crippen molar-refractivity contribution >= 4 is 29.2 Å². The molecule has 1 atom stereocenters. The molecule has 3 N–H and O–H groups in total. The third-order valence-electron chi connectivity index (χ3n) is 2.27. The standard InChI is InChI=1S/C10H17N5O2S/c1-3-18-5-4-7(2)13-10-12-6-8(15(16)17)9(11)14-10/h6-7H,3-5H2,1-2H3,(H3,11,12,13,14). The fourth-order valence-electron chi connectivity index (χ4n) is 1.30. The van der Waals surface area contributed by atoms with Crippen molar-refractivity contribution < 1.29 is 4.92 Å². The Balaban J connectivity index is 2.57. The predicted molar refractivity (Wildman–Crippen MR) is 73.8 cm³/mol. The Morgan fingerprint density at radius 3 is 2.94 bits per heavy atom. The van der Waals surface area contributed by atoms with Gasteiger partial charge in [0, 0.05) is 6.04 Å². The minimum absolute atomic E-state index is 0.118. The van der Waals surface area contributed by atoms with Crippen LogP contribution in [0.2, 0.25) is 0 Å². The van der Waals surface area contributed by atoms with Crippen molar-refractivity contribution in [3.8, 4) is 0 Å². The lowest BCUT2D eigenvalue weighted by atomic mass is 10.3. The van der Waals surface area contributed by atoms with Crippen LogP contribution in [0, 0.1) is 10.1 Å². The summed E-state index contributed by atoms with van der Waals surface area (Å²) < 4.78 is 0. The molecule has 0 aliphatic heterocycles. The molecule has 0 radical (unpaired) electrons. The normalized spacial score (nSPS) is 12.1. The van der Waals surface area contributed by atoms with Crippen molar-refractivity contribution in [2.45, 2.75) is 26.3 Å². The molecule has 0 amide bonds. The number of nitrogens with two attached hydrogens (primary N) is 1. The van der Waals surface area contributed by atoms with Crippen molar-refractivity contribution in [3.63, 3.8) is 0 Å². The van der Waals surface area contributed by atoms with Crippen LogP contribution < -0.4 is 11.1 Å². The molecule has 1 rings (SSSR count). The van der Waals surface area contributed by atoms with E-state index < -0.39 is 4.92 Å². The number of hydrogen-bond donors (Lipinski definition) is 2. The second-order valence-corrected chi connectivity index (χ2v) is 5.15. The maximum absolute atomic E-state index is 10.6. The van der Waals surface area contributed by atoms with Crippen LogP contribution in [0.5, 0.6) is 0 Å². The van der Waals surface area contributed by atoms with Gasteiger partial charge in [0.25, 0.3) is 0 Å². The Morgan fingerprint density at radius 1 is 1.67 bits per heavy atom. The summed E-state index contributed by atoms with van der Waals surface area (Å²) in [5.41, 5.74) is 5.21. The predicted octanol–water partition coefficient (Wildman–Crippen LogP) is 1.91. The zero-order valence-corrected chi connectivity index (χ0v) is 11.2. The van der Waals surface area contributed by atoms with E-state index in [2.05, 4.69) is 22.2 Å². The molecule has 0 aliphatic carbocycles. The number of rotatable bonds is 7. The Kier molecular flexibility index (Phi) is 5.63. The van der Waals surface area contributed by atoms with Crippen molar-refractivity contribution in [1.29, 1.82) is 0 Å². The van der Waals surface area contributed by atoms with Gasteiger partial charge in [-0.05, 0) is 24.9 Å². The van der Waals surface area contributed by atoms with Crippen molar-refractivity contribution in [2.24, 2.45) is 0 Å². The van der Waals surface area contributed by atoms with E-state index in [1.807, 2.05) is 18.7 Å². The number of anilines is 2. The number of nitrogens with one attached hydrogen (secondary N) is 1. The van der Waals surface area contributed by atoms with Gasteiger partial charge in [0.2, 0.25) is 11.8 Å². The zero-order valence-electron chi connectivity index (χ0n) is 10.4. The molecule has 1 aromatic heterocycles. The summed E-state index contributed by atoms with van der Waals surface area (Å²) in [6.45, 7) is 4.13. The van der Waals surface area contributed by atoms with Gasteiger partial charge in [-0.1, -0.05) is 6.92 Å². The molecule has 0 spiro atoms. The molecule has 0 aromatic carbocycles. The largest absolute Gasteiger partial charge is 0.378 e. The van der Waals surface area contributed by atoms with E-state index in [-0.39, 0.29) is 17.5 Å². The molecular weight excluding hydrogens is 254 g/mol. The second kappa shape index (κ2) is 7.00. The maximum atomic E-state index is 10.6. The Morgan fingerprint density at radius 2 is 2.39 bits per heavy atom. The van der Waals surface area contributed by atoms with Gasteiger partial charge in [-0.2, -0.15) is 16.7 Å². The third-order valence-corrected chi connectivity index (χ3v) is 3.20. The van der Waals surface area contributed by atoms with Crippen molar-refractivity contribution in [1.82, 2.24) is 9.97 Å². The lowest BCUT2D eigenvalue weighted by molar-refractivity contribution is -0.384. The smallest absolute Gasteiger partial charge is 0.329 e. The quantitative estimate of drug-likeness (QED) is 0.443. The van der Waals surface area contributed by atoms with Crippen LogP contribution in [-0.4, -0.2) is 32.4 Å². The van der Waals surface area contributed by atoms with E-state index >= 15 is 0 Å². The zero-order chi connectivity index (χ0) is 13.5. The minimum atomic E-state index is -0.597. The van der Waals surface area contributed by atoms with Crippen LogP contribution >= 0.6 is 11.8 Å². The van der Waals surface area contributed by atoms with E-state index in [0.29, 0.717) is 5.95 Å². The molecule has 18 heavy (non-hydrogen) atoms. The van der Waals surface area contributed by atoms with Crippen LogP contribution in [-0.2, 0) is 0 Å². The first kappa shape index (κ1) is 14.5. The molecule has 1 aromatic rings. The third kappa shape index (κ3) is 4.36. The number of thioether (sulfide) groups is 1. The highest BCUT2D eigenvalue weighted by atomic mass is 32.2. The van der Waals surface area contributed by atoms with Gasteiger partial charge in [0.15, 0.2) is 0 Å². The topological polar surface area (TPSA) is 107 Å². The molecule has 1 heterocycles. The molecule has 100 valence electrons. The summed E-state index contributed by atoms with van der Waals surface area (Å²) in [6, 6.07) is 0.199. The molecule has 0 aliphatic rings. The fourth-order valence-corrected chi connectivity index (χ4v) is 2.10. The summed E-state index contributed by atoms with van der Waals surface area (Å²) in [4.78, 5) is 17.7. The summed E-state index contributed by atoms with van der Waals surface area (Å²) >= 11 is 1.86. The summed E-state index contributed by atoms with van der Waals surface area (Å²) in [5.74, 6) is 2.35. The van der Waals surface area contributed by atoms with E-state index in [0.717, 1.165) is 24.1 Å². The summed E-state index contributed by atoms with van der Waals surface area (Å²) in [6.07, 6.45) is 2.09. The van der Waals surface area contributed by atoms with E-state index in [9.17, 15) is 10.1 Å². The van der Waals surface area contributed by atoms with Crippen molar-refractivity contribution in [2.75, 3.05) is 22.6 Å². The lowest BCUT2D eigenvalue weighted by Gasteiger charge is -2.13. The second-order valence-electron chi connectivity index (χ2n) is 3.75. The summed E-state index contributed by atoms with van der Waals surface area (Å²) in [7, 11) is 0. The van der Waals surface area contributed by atoms with Crippen LogP contribution in [0.1, 0.15) is 20.3 Å². The number of nitro groups is 1. The van der Waals surface area contributed by atoms with Crippen LogP contribution in [0.4, 0.5) is 17.5 Å².